The summed E-state index contributed by atoms with van der Waals surface area (Å²) in [5, 5.41) is 139. The smallest absolute Gasteiger partial charge is 0.249 e. The summed E-state index contributed by atoms with van der Waals surface area (Å²) in [4.78, 5) is 38.4. The van der Waals surface area contributed by atoms with Crippen LogP contribution in [0.1, 0.15) is 13.8 Å². The van der Waals surface area contributed by atoms with Crippen molar-refractivity contribution in [3.63, 3.8) is 0 Å². The van der Waals surface area contributed by atoms with E-state index in [0.29, 0.717) is 6.92 Å². The topological polar surface area (TPSA) is 408 Å². The number of Topliss-reactive ketones (excluding diaryl/α,β-unsaturated/α-hetero) is 2. The van der Waals surface area contributed by atoms with Gasteiger partial charge in [0.25, 0.3) is 0 Å². The van der Waals surface area contributed by atoms with Gasteiger partial charge in [-0.1, -0.05) is 0 Å². The average Bonchev–Trinajstić information content (AvgIpc) is 3.10. The zero-order valence-corrected chi connectivity index (χ0v) is 27.6. The second kappa shape index (κ2) is 16.4. The highest BCUT2D eigenvalue weighted by Gasteiger charge is 2.71. The van der Waals surface area contributed by atoms with E-state index in [2.05, 4.69) is 5.32 Å². The fourth-order valence-corrected chi connectivity index (χ4v) is 6.65. The van der Waals surface area contributed by atoms with Crippen molar-refractivity contribution in [2.45, 2.75) is 136 Å². The van der Waals surface area contributed by atoms with Crippen LogP contribution in [0.25, 0.3) is 0 Å². The molecule has 4 rings (SSSR count). The van der Waals surface area contributed by atoms with Crippen LogP contribution in [0.2, 0.25) is 0 Å². The van der Waals surface area contributed by atoms with Gasteiger partial charge in [0, 0.05) is 0 Å². The molecule has 300 valence electrons. The number of hydrogen-bond donors (Lipinski definition) is 15. The third-order valence-corrected chi connectivity index (χ3v) is 9.67. The number of nitrogens with one attached hydrogen (secondary N) is 1. The van der Waals surface area contributed by atoms with Crippen LogP contribution in [-0.2, 0) is 42.8 Å². The van der Waals surface area contributed by atoms with Crippen LogP contribution in [0.3, 0.4) is 0 Å². The standard InChI is InChI=1S/C28H46N2O22/c1-6(34)27(46)22(44)20(50-26-18(43)13(38)14(39)21(51-26)23(29)45)10(5-33)52-28(27,7(2)35)30-24-16(41)15(40)19(9(4-32)47-24)49-25-17(42)12(37)11(36)8(3-31)48-25/h8-22,24-26,30-33,36-44,46H,3-5H2,1-2H3,(H2,29,45)/t8-,9-,10-,11+,12+,13+,14-,15-,16-,17-,18-,19-,20-,21+,22+,24?,25+,26-,27-,28?/m1/s1. The summed E-state index contributed by atoms with van der Waals surface area (Å²) in [6.45, 7) is -1.65. The molecule has 20 atom stereocenters. The summed E-state index contributed by atoms with van der Waals surface area (Å²) in [7, 11) is 0. The summed E-state index contributed by atoms with van der Waals surface area (Å²) in [6.07, 6.45) is -36.3. The van der Waals surface area contributed by atoms with Crippen LogP contribution in [0, 0.1) is 0 Å². The van der Waals surface area contributed by atoms with Crippen LogP contribution in [0.4, 0.5) is 0 Å². The number of aliphatic hydroxyl groups excluding tert-OH is 12. The van der Waals surface area contributed by atoms with Crippen molar-refractivity contribution < 1.29 is 109 Å². The highest BCUT2D eigenvalue weighted by atomic mass is 16.7. The van der Waals surface area contributed by atoms with E-state index in [4.69, 9.17) is 34.2 Å². The van der Waals surface area contributed by atoms with Crippen molar-refractivity contribution in [1.29, 1.82) is 0 Å². The van der Waals surface area contributed by atoms with Crippen LogP contribution in [-0.4, -0.2) is 225 Å². The van der Waals surface area contributed by atoms with Gasteiger partial charge in [-0.05, 0) is 13.8 Å². The maximum Gasteiger partial charge on any atom is 0.249 e. The zero-order chi connectivity index (χ0) is 39.2. The van der Waals surface area contributed by atoms with Crippen LogP contribution < -0.4 is 11.1 Å². The summed E-state index contributed by atoms with van der Waals surface area (Å²) < 4.78 is 32.7. The van der Waals surface area contributed by atoms with Gasteiger partial charge in [0.05, 0.1) is 19.8 Å². The SMILES string of the molecule is CC(=O)C1(NC2O[C@H](CO)[C@@H](O[C@@H]3O[C@H](CO)[C@H](O)[C@H](O)[C@H]3O)[C@H](O)[C@H]2O)O[C@H](CO)[C@@H](O[C@@H]2O[C@H](C(N)=O)[C@H](O)[C@H](O)[C@H]2O)[C@H](O)[C@]1(O)C(C)=O. The summed E-state index contributed by atoms with van der Waals surface area (Å²) in [6, 6.07) is 0. The van der Waals surface area contributed by atoms with Crippen molar-refractivity contribution >= 4 is 17.5 Å². The van der Waals surface area contributed by atoms with Gasteiger partial charge in [-0.3, -0.25) is 19.7 Å². The molecule has 0 aromatic rings. The van der Waals surface area contributed by atoms with Gasteiger partial charge in [0.2, 0.25) is 17.2 Å². The number of aliphatic hydroxyl groups is 13. The van der Waals surface area contributed by atoms with Gasteiger partial charge < -0.3 is 101 Å². The Morgan fingerprint density at radius 3 is 1.65 bits per heavy atom. The van der Waals surface area contributed by atoms with Crippen molar-refractivity contribution in [3.8, 4) is 0 Å². The highest BCUT2D eigenvalue weighted by molar-refractivity contribution is 5.98. The second-order valence-electron chi connectivity index (χ2n) is 12.9. The molecule has 0 aromatic carbocycles. The summed E-state index contributed by atoms with van der Waals surface area (Å²) in [5.41, 5.74) is -1.49. The largest absolute Gasteiger partial charge is 0.394 e. The minimum absolute atomic E-state index is 0.686. The molecule has 4 saturated heterocycles. The van der Waals surface area contributed by atoms with Gasteiger partial charge >= 0.3 is 0 Å². The number of ketones is 2. The van der Waals surface area contributed by atoms with Crippen molar-refractivity contribution in [3.05, 3.63) is 0 Å². The fourth-order valence-electron chi connectivity index (χ4n) is 6.65. The van der Waals surface area contributed by atoms with Gasteiger partial charge in [0.1, 0.15) is 91.7 Å². The van der Waals surface area contributed by atoms with E-state index in [9.17, 15) is 80.8 Å². The molecular weight excluding hydrogens is 716 g/mol. The molecule has 0 bridgehead atoms. The lowest BCUT2D eigenvalue weighted by molar-refractivity contribution is -0.367. The Bertz CT molecular complexity index is 1280. The molecule has 0 aliphatic carbocycles. The van der Waals surface area contributed by atoms with Gasteiger partial charge in [-0.15, -0.1) is 0 Å². The zero-order valence-electron chi connectivity index (χ0n) is 27.6. The molecule has 1 amide bonds. The third kappa shape index (κ3) is 7.25. The lowest BCUT2D eigenvalue weighted by atomic mass is 9.73. The maximum atomic E-state index is 13.4. The number of hydrogen-bond acceptors (Lipinski definition) is 23. The van der Waals surface area contributed by atoms with Crippen molar-refractivity contribution in [2.75, 3.05) is 19.8 Å². The third-order valence-electron chi connectivity index (χ3n) is 9.67. The molecule has 2 unspecified atom stereocenters. The molecule has 24 heteroatoms. The Labute approximate surface area is 293 Å². The van der Waals surface area contributed by atoms with E-state index in [-0.39, 0.29) is 0 Å². The van der Waals surface area contributed by atoms with Crippen LogP contribution >= 0.6 is 0 Å². The van der Waals surface area contributed by atoms with E-state index in [1.165, 1.54) is 0 Å². The lowest BCUT2D eigenvalue weighted by Gasteiger charge is -2.56. The van der Waals surface area contributed by atoms with E-state index in [1.807, 2.05) is 0 Å². The Hall–Kier alpha value is -1.99. The molecule has 52 heavy (non-hydrogen) atoms. The molecule has 0 radical (unpaired) electrons. The maximum absolute atomic E-state index is 13.4. The van der Waals surface area contributed by atoms with Gasteiger partial charge in [-0.25, -0.2) is 0 Å². The molecule has 16 N–H and O–H groups in total. The van der Waals surface area contributed by atoms with Gasteiger partial charge in [0.15, 0.2) is 30.3 Å². The number of amides is 1. The Balaban J connectivity index is 1.64. The molecule has 0 spiro atoms. The lowest BCUT2D eigenvalue weighted by Crippen LogP contribution is -2.84. The number of carbonyl (C=O) groups is 3. The quantitative estimate of drug-likeness (QED) is 0.0877. The molecule has 4 aliphatic rings. The molecule has 0 saturated carbocycles. The molecule has 24 nitrogen and oxygen atoms in total. The molecule has 4 fully saturated rings. The molecule has 4 aliphatic heterocycles. The first-order valence-corrected chi connectivity index (χ1v) is 16.0. The average molecular weight is 763 g/mol. The van der Waals surface area contributed by atoms with E-state index in [1.54, 1.807) is 0 Å². The predicted molar refractivity (Wildman–Crippen MR) is 157 cm³/mol. The Morgan fingerprint density at radius 1 is 0.635 bits per heavy atom. The summed E-state index contributed by atoms with van der Waals surface area (Å²) >= 11 is 0. The number of primary amides is 1. The number of nitrogens with two attached hydrogens (primary N) is 1. The Kier molecular flexibility index (Phi) is 13.5. The first kappa shape index (κ1) is 42.7. The predicted octanol–water partition coefficient (Wildman–Crippen LogP) is -10.8. The normalized spacial score (nSPS) is 50.1. The van der Waals surface area contributed by atoms with E-state index in [0.717, 1.165) is 6.92 Å². The van der Waals surface area contributed by atoms with Crippen molar-refractivity contribution in [1.82, 2.24) is 5.32 Å². The number of rotatable bonds is 12. The summed E-state index contributed by atoms with van der Waals surface area (Å²) in [5.74, 6) is -4.05. The molecule has 4 heterocycles. The van der Waals surface area contributed by atoms with Gasteiger partial charge in [-0.2, -0.15) is 0 Å². The number of ether oxygens (including phenoxy) is 6. The molecule has 0 aromatic heterocycles. The number of carbonyl (C=O) groups excluding carboxylic acids is 3. The monoisotopic (exact) mass is 762 g/mol. The van der Waals surface area contributed by atoms with E-state index < -0.39 is 159 Å². The second-order valence-corrected chi connectivity index (χ2v) is 12.9. The minimum atomic E-state index is -3.47. The Morgan fingerprint density at radius 2 is 1.15 bits per heavy atom. The fraction of sp³-hybridized carbons (Fsp3) is 0.893. The molecular formula is C28H46N2O22. The van der Waals surface area contributed by atoms with Crippen molar-refractivity contribution in [2.24, 2.45) is 5.73 Å². The van der Waals surface area contributed by atoms with E-state index >= 15 is 0 Å². The first-order chi connectivity index (χ1) is 24.2. The minimum Gasteiger partial charge on any atom is -0.394 e. The van der Waals surface area contributed by atoms with Crippen LogP contribution in [0.5, 0.6) is 0 Å². The highest BCUT2D eigenvalue weighted by Crippen LogP contribution is 2.42. The first-order valence-electron chi connectivity index (χ1n) is 16.0. The van der Waals surface area contributed by atoms with Crippen LogP contribution in [0.15, 0.2) is 0 Å².